The van der Waals surface area contributed by atoms with Crippen LogP contribution < -0.4 is 9.44 Å². The molecule has 9 heteroatoms. The van der Waals surface area contributed by atoms with Gasteiger partial charge in [-0.15, -0.1) is 11.3 Å². The van der Waals surface area contributed by atoms with Crippen molar-refractivity contribution in [2.75, 3.05) is 11.8 Å². The summed E-state index contributed by atoms with van der Waals surface area (Å²) in [5.41, 5.74) is 0.00605. The van der Waals surface area contributed by atoms with E-state index in [9.17, 15) is 16.8 Å². The van der Waals surface area contributed by atoms with Crippen molar-refractivity contribution in [1.82, 2.24) is 4.72 Å². The maximum Gasteiger partial charge on any atom is 0.263 e. The summed E-state index contributed by atoms with van der Waals surface area (Å²) in [5.74, 6) is 0. The third-order valence-corrected chi connectivity index (χ3v) is 7.91. The Balaban J connectivity index is 2.14. The molecule has 0 saturated carbocycles. The standard InChI is InChI=1S/C16H16N2O4S3/c1-11-16(12-7-3-5-9-14(12)23-11)25(21,22)18-13-8-4-6-10-15(13)24(19,20)17-2/h3-10,17-18H,1-2H3. The lowest BCUT2D eigenvalue weighted by molar-refractivity contribution is 0.588. The molecule has 0 unspecified atom stereocenters. The van der Waals surface area contributed by atoms with Crippen LogP contribution in [0.3, 0.4) is 0 Å². The minimum absolute atomic E-state index is 0.00605. The van der Waals surface area contributed by atoms with E-state index in [2.05, 4.69) is 9.44 Å². The van der Waals surface area contributed by atoms with Crippen LogP contribution in [0.2, 0.25) is 0 Å². The van der Waals surface area contributed by atoms with Gasteiger partial charge in [0.25, 0.3) is 10.0 Å². The van der Waals surface area contributed by atoms with Crippen molar-refractivity contribution in [3.8, 4) is 0 Å². The molecule has 1 heterocycles. The lowest BCUT2D eigenvalue weighted by atomic mass is 10.2. The first-order chi connectivity index (χ1) is 11.8. The number of hydrogen-bond acceptors (Lipinski definition) is 5. The molecule has 0 aliphatic carbocycles. The lowest BCUT2D eigenvalue weighted by Gasteiger charge is -2.12. The first kappa shape index (κ1) is 17.9. The maximum absolute atomic E-state index is 12.9. The van der Waals surface area contributed by atoms with Gasteiger partial charge in [-0.3, -0.25) is 4.72 Å². The molecular formula is C16H16N2O4S3. The number of hydrogen-bond donors (Lipinski definition) is 2. The number of thiophene rings is 1. The zero-order chi connectivity index (χ0) is 18.2. The molecule has 0 atom stereocenters. The molecular weight excluding hydrogens is 380 g/mol. The van der Waals surface area contributed by atoms with Crippen LogP contribution >= 0.6 is 11.3 Å². The molecule has 3 rings (SSSR count). The first-order valence-electron chi connectivity index (χ1n) is 7.30. The quantitative estimate of drug-likeness (QED) is 0.694. The van der Waals surface area contributed by atoms with Crippen LogP contribution in [0.1, 0.15) is 4.88 Å². The summed E-state index contributed by atoms with van der Waals surface area (Å²) in [5, 5.41) is 0.617. The van der Waals surface area contributed by atoms with Crippen LogP contribution in [-0.4, -0.2) is 23.9 Å². The van der Waals surface area contributed by atoms with E-state index in [4.69, 9.17) is 0 Å². The van der Waals surface area contributed by atoms with E-state index in [0.717, 1.165) is 4.70 Å². The second kappa shape index (κ2) is 6.41. The van der Waals surface area contributed by atoms with Crippen LogP contribution in [0.15, 0.2) is 58.3 Å². The van der Waals surface area contributed by atoms with Crippen molar-refractivity contribution >= 4 is 47.2 Å². The number of nitrogens with one attached hydrogen (secondary N) is 2. The molecule has 6 nitrogen and oxygen atoms in total. The second-order valence-electron chi connectivity index (χ2n) is 5.29. The molecule has 0 radical (unpaired) electrons. The molecule has 0 amide bonds. The van der Waals surface area contributed by atoms with Gasteiger partial charge in [-0.05, 0) is 32.2 Å². The Hall–Kier alpha value is -1.94. The molecule has 0 saturated heterocycles. The van der Waals surface area contributed by atoms with E-state index in [0.29, 0.717) is 10.3 Å². The first-order valence-corrected chi connectivity index (χ1v) is 11.1. The highest BCUT2D eigenvalue weighted by Gasteiger charge is 2.25. The predicted octanol–water partition coefficient (Wildman–Crippen LogP) is 2.92. The Morgan fingerprint density at radius 1 is 0.880 bits per heavy atom. The van der Waals surface area contributed by atoms with Crippen molar-refractivity contribution in [3.05, 3.63) is 53.4 Å². The highest BCUT2D eigenvalue weighted by molar-refractivity contribution is 7.93. The second-order valence-corrected chi connectivity index (χ2v) is 10.0. The summed E-state index contributed by atoms with van der Waals surface area (Å²) in [6.45, 7) is 1.73. The average molecular weight is 397 g/mol. The van der Waals surface area contributed by atoms with Gasteiger partial charge in [-0.1, -0.05) is 30.3 Å². The molecule has 2 aromatic carbocycles. The van der Waals surface area contributed by atoms with E-state index in [-0.39, 0.29) is 15.5 Å². The lowest BCUT2D eigenvalue weighted by Crippen LogP contribution is -2.22. The molecule has 0 fully saturated rings. The summed E-state index contributed by atoms with van der Waals surface area (Å²) in [6.07, 6.45) is 0. The van der Waals surface area contributed by atoms with Crippen LogP contribution in [0.25, 0.3) is 10.1 Å². The summed E-state index contributed by atoms with van der Waals surface area (Å²) < 4.78 is 55.6. The third-order valence-electron chi connectivity index (χ3n) is 3.67. The molecule has 2 N–H and O–H groups in total. The fourth-order valence-corrected chi connectivity index (χ4v) is 6.41. The van der Waals surface area contributed by atoms with Gasteiger partial charge in [0.15, 0.2) is 0 Å². The monoisotopic (exact) mass is 396 g/mol. The molecule has 0 bridgehead atoms. The Labute approximate surface area is 150 Å². The highest BCUT2D eigenvalue weighted by Crippen LogP contribution is 2.35. The summed E-state index contributed by atoms with van der Waals surface area (Å²) in [7, 11) is -6.47. The third kappa shape index (κ3) is 3.28. The summed E-state index contributed by atoms with van der Waals surface area (Å²) in [4.78, 5) is 0.686. The van der Waals surface area contributed by atoms with Crippen LogP contribution in [-0.2, 0) is 20.0 Å². The Morgan fingerprint density at radius 2 is 1.52 bits per heavy atom. The minimum atomic E-state index is -3.95. The van der Waals surface area contributed by atoms with Crippen molar-refractivity contribution in [1.29, 1.82) is 0 Å². The van der Waals surface area contributed by atoms with Gasteiger partial charge in [0.05, 0.1) is 5.69 Å². The molecule has 0 aliphatic heterocycles. The van der Waals surface area contributed by atoms with Gasteiger partial charge >= 0.3 is 0 Å². The zero-order valence-electron chi connectivity index (χ0n) is 13.5. The van der Waals surface area contributed by atoms with Crippen molar-refractivity contribution in [2.45, 2.75) is 16.7 Å². The Kier molecular flexibility index (Phi) is 4.58. The van der Waals surface area contributed by atoms with Gasteiger partial charge in [-0.2, -0.15) is 0 Å². The van der Waals surface area contributed by atoms with Gasteiger partial charge in [-0.25, -0.2) is 21.6 Å². The smallest absolute Gasteiger partial charge is 0.263 e. The number of benzene rings is 2. The highest BCUT2D eigenvalue weighted by atomic mass is 32.2. The maximum atomic E-state index is 12.9. The van der Waals surface area contributed by atoms with Crippen LogP contribution in [0, 0.1) is 6.92 Å². The SMILES string of the molecule is CNS(=O)(=O)c1ccccc1NS(=O)(=O)c1c(C)sc2ccccc12. The van der Waals surface area contributed by atoms with E-state index in [1.54, 1.807) is 25.1 Å². The summed E-state index contributed by atoms with van der Waals surface area (Å²) >= 11 is 1.38. The van der Waals surface area contributed by atoms with Gasteiger partial charge < -0.3 is 0 Å². The number of anilines is 1. The number of para-hydroxylation sites is 1. The largest absolute Gasteiger partial charge is 0.278 e. The topological polar surface area (TPSA) is 92.3 Å². The Morgan fingerprint density at radius 3 is 2.24 bits per heavy atom. The zero-order valence-corrected chi connectivity index (χ0v) is 15.9. The van der Waals surface area contributed by atoms with Gasteiger partial charge in [0.1, 0.15) is 9.79 Å². The van der Waals surface area contributed by atoms with Crippen LogP contribution in [0.5, 0.6) is 0 Å². The normalized spacial score (nSPS) is 12.4. The van der Waals surface area contributed by atoms with E-state index >= 15 is 0 Å². The molecule has 0 aliphatic rings. The van der Waals surface area contributed by atoms with E-state index in [1.165, 1.54) is 36.6 Å². The van der Waals surface area contributed by atoms with E-state index in [1.807, 2.05) is 12.1 Å². The fraction of sp³-hybridized carbons (Fsp3) is 0.125. The van der Waals surface area contributed by atoms with Gasteiger partial charge in [0, 0.05) is 15.0 Å². The molecule has 25 heavy (non-hydrogen) atoms. The van der Waals surface area contributed by atoms with Crippen molar-refractivity contribution < 1.29 is 16.8 Å². The van der Waals surface area contributed by atoms with Crippen molar-refractivity contribution in [2.24, 2.45) is 0 Å². The van der Waals surface area contributed by atoms with Gasteiger partial charge in [0.2, 0.25) is 10.0 Å². The number of aryl methyl sites for hydroxylation is 1. The van der Waals surface area contributed by atoms with E-state index < -0.39 is 20.0 Å². The number of sulfonamides is 2. The molecule has 132 valence electrons. The number of fused-ring (bicyclic) bond motifs is 1. The van der Waals surface area contributed by atoms with Crippen molar-refractivity contribution in [3.63, 3.8) is 0 Å². The minimum Gasteiger partial charge on any atom is -0.278 e. The van der Waals surface area contributed by atoms with Crippen LogP contribution in [0.4, 0.5) is 5.69 Å². The predicted molar refractivity (Wildman–Crippen MR) is 100 cm³/mol. The number of rotatable bonds is 5. The molecule has 1 aromatic heterocycles. The fourth-order valence-electron chi connectivity index (χ4n) is 2.57. The average Bonchev–Trinajstić information content (AvgIpc) is 2.91. The molecule has 3 aromatic rings. The summed E-state index contributed by atoms with van der Waals surface area (Å²) in [6, 6.07) is 13.1. The Bertz CT molecular complexity index is 1150. The molecule has 0 spiro atoms.